The van der Waals surface area contributed by atoms with Crippen LogP contribution in [-0.4, -0.2) is 50.2 Å². The molecule has 0 aliphatic carbocycles. The average Bonchev–Trinajstić information content (AvgIpc) is 2.69. The van der Waals surface area contributed by atoms with Crippen molar-refractivity contribution in [3.8, 4) is 11.5 Å². The smallest absolute Gasteiger partial charge is 0.331 e. The number of nitrogens with zero attached hydrogens (tertiary/aromatic N) is 1. The van der Waals surface area contributed by atoms with E-state index < -0.39 is 5.97 Å². The lowest BCUT2D eigenvalue weighted by Crippen LogP contribution is -2.45. The Balaban J connectivity index is 1.90. The van der Waals surface area contributed by atoms with Gasteiger partial charge in [0, 0.05) is 24.7 Å². The molecule has 142 valence electrons. The molecule has 2 rings (SSSR count). The maximum atomic E-state index is 12.3. The Morgan fingerprint density at radius 1 is 1.15 bits per heavy atom. The van der Waals surface area contributed by atoms with Crippen LogP contribution < -0.4 is 9.47 Å². The molecular formula is C20H27NO5. The molecule has 1 aromatic rings. The van der Waals surface area contributed by atoms with Crippen molar-refractivity contribution in [3.05, 3.63) is 29.8 Å². The molecule has 0 unspecified atom stereocenters. The van der Waals surface area contributed by atoms with Crippen LogP contribution >= 0.6 is 0 Å². The van der Waals surface area contributed by atoms with Crippen molar-refractivity contribution in [1.82, 2.24) is 4.90 Å². The Morgan fingerprint density at radius 2 is 1.85 bits per heavy atom. The second-order valence-corrected chi connectivity index (χ2v) is 6.23. The third-order valence-electron chi connectivity index (χ3n) is 4.54. The molecule has 1 aliphatic rings. The van der Waals surface area contributed by atoms with Crippen LogP contribution in [0, 0.1) is 0 Å². The SMILES string of the molecule is CC[C@@H]1CCCCN1C(=O)COC(=O)/C=C/c1cc(OC)cc(OC)c1. The minimum atomic E-state index is -0.551. The van der Waals surface area contributed by atoms with Gasteiger partial charge in [-0.3, -0.25) is 4.79 Å². The highest BCUT2D eigenvalue weighted by atomic mass is 16.5. The average molecular weight is 361 g/mol. The van der Waals surface area contributed by atoms with E-state index in [1.54, 1.807) is 38.5 Å². The summed E-state index contributed by atoms with van der Waals surface area (Å²) in [7, 11) is 3.12. The molecule has 1 saturated heterocycles. The van der Waals surface area contributed by atoms with E-state index >= 15 is 0 Å². The fourth-order valence-electron chi connectivity index (χ4n) is 3.11. The zero-order valence-electron chi connectivity index (χ0n) is 15.7. The number of carbonyl (C=O) groups excluding carboxylic acids is 2. The molecule has 0 radical (unpaired) electrons. The van der Waals surface area contributed by atoms with Crippen molar-refractivity contribution < 1.29 is 23.8 Å². The van der Waals surface area contributed by atoms with E-state index in [0.717, 1.165) is 37.8 Å². The first-order valence-electron chi connectivity index (χ1n) is 8.94. The third-order valence-corrected chi connectivity index (χ3v) is 4.54. The molecule has 1 aromatic carbocycles. The molecule has 0 saturated carbocycles. The molecule has 0 spiro atoms. The molecular weight excluding hydrogens is 334 g/mol. The van der Waals surface area contributed by atoms with Crippen LogP contribution in [0.2, 0.25) is 0 Å². The maximum Gasteiger partial charge on any atom is 0.331 e. The Kier molecular flexibility index (Phi) is 7.51. The quantitative estimate of drug-likeness (QED) is 0.552. The minimum Gasteiger partial charge on any atom is -0.497 e. The van der Waals surface area contributed by atoms with Gasteiger partial charge in [-0.1, -0.05) is 6.92 Å². The van der Waals surface area contributed by atoms with Crippen LogP contribution in [0.1, 0.15) is 38.2 Å². The fraction of sp³-hybridized carbons (Fsp3) is 0.500. The van der Waals surface area contributed by atoms with Crippen molar-refractivity contribution in [2.24, 2.45) is 0 Å². The monoisotopic (exact) mass is 361 g/mol. The van der Waals surface area contributed by atoms with Gasteiger partial charge in [0.05, 0.1) is 14.2 Å². The number of hydrogen-bond donors (Lipinski definition) is 0. The maximum absolute atomic E-state index is 12.3. The van der Waals surface area contributed by atoms with Gasteiger partial charge in [0.1, 0.15) is 11.5 Å². The summed E-state index contributed by atoms with van der Waals surface area (Å²) in [5, 5.41) is 0. The first-order chi connectivity index (χ1) is 12.6. The van der Waals surface area contributed by atoms with E-state index in [1.807, 2.05) is 4.90 Å². The van der Waals surface area contributed by atoms with Crippen LogP contribution in [0.15, 0.2) is 24.3 Å². The van der Waals surface area contributed by atoms with Gasteiger partial charge in [-0.2, -0.15) is 0 Å². The van der Waals surface area contributed by atoms with Crippen LogP contribution in [0.4, 0.5) is 0 Å². The second-order valence-electron chi connectivity index (χ2n) is 6.23. The van der Waals surface area contributed by atoms with Crippen LogP contribution in [0.5, 0.6) is 11.5 Å². The van der Waals surface area contributed by atoms with Gasteiger partial charge in [-0.25, -0.2) is 4.79 Å². The van der Waals surface area contributed by atoms with Crippen molar-refractivity contribution in [1.29, 1.82) is 0 Å². The first kappa shape index (κ1) is 19.8. The predicted molar refractivity (Wildman–Crippen MR) is 99.2 cm³/mol. The molecule has 1 heterocycles. The van der Waals surface area contributed by atoms with Gasteiger partial charge in [0.2, 0.25) is 0 Å². The lowest BCUT2D eigenvalue weighted by molar-refractivity contribution is -0.150. The van der Waals surface area contributed by atoms with E-state index in [2.05, 4.69) is 6.92 Å². The zero-order chi connectivity index (χ0) is 18.9. The van der Waals surface area contributed by atoms with Gasteiger partial charge < -0.3 is 19.1 Å². The third kappa shape index (κ3) is 5.51. The van der Waals surface area contributed by atoms with E-state index in [0.29, 0.717) is 11.5 Å². The number of methoxy groups -OCH3 is 2. The summed E-state index contributed by atoms with van der Waals surface area (Å²) in [6, 6.07) is 5.56. The summed E-state index contributed by atoms with van der Waals surface area (Å²) < 4.78 is 15.5. The second kappa shape index (κ2) is 9.85. The minimum absolute atomic E-state index is 0.124. The number of ether oxygens (including phenoxy) is 3. The highest BCUT2D eigenvalue weighted by molar-refractivity contribution is 5.89. The zero-order valence-corrected chi connectivity index (χ0v) is 15.7. The van der Waals surface area contributed by atoms with Gasteiger partial charge in [0.15, 0.2) is 6.61 Å². The summed E-state index contributed by atoms with van der Waals surface area (Å²) in [5.41, 5.74) is 0.742. The molecule has 1 fully saturated rings. The molecule has 6 heteroatoms. The summed E-state index contributed by atoms with van der Waals surface area (Å²) in [4.78, 5) is 26.1. The van der Waals surface area contributed by atoms with Gasteiger partial charge in [0.25, 0.3) is 5.91 Å². The number of rotatable bonds is 7. The van der Waals surface area contributed by atoms with E-state index in [4.69, 9.17) is 14.2 Å². The Labute approximate surface area is 154 Å². The Morgan fingerprint density at radius 3 is 2.46 bits per heavy atom. The van der Waals surface area contributed by atoms with Crippen molar-refractivity contribution >= 4 is 18.0 Å². The lowest BCUT2D eigenvalue weighted by atomic mass is 10.00. The molecule has 0 bridgehead atoms. The van der Waals surface area contributed by atoms with Gasteiger partial charge in [-0.15, -0.1) is 0 Å². The van der Waals surface area contributed by atoms with Crippen molar-refractivity contribution in [2.75, 3.05) is 27.4 Å². The number of amides is 1. The topological polar surface area (TPSA) is 65.1 Å². The summed E-state index contributed by atoms with van der Waals surface area (Å²) >= 11 is 0. The number of piperidine rings is 1. The molecule has 1 atom stereocenters. The largest absolute Gasteiger partial charge is 0.497 e. The van der Waals surface area contributed by atoms with Gasteiger partial charge >= 0.3 is 5.97 Å². The summed E-state index contributed by atoms with van der Waals surface area (Å²) in [5.74, 6) is 0.582. The van der Waals surface area contributed by atoms with Crippen LogP contribution in [-0.2, 0) is 14.3 Å². The van der Waals surface area contributed by atoms with Crippen molar-refractivity contribution in [2.45, 2.75) is 38.6 Å². The van der Waals surface area contributed by atoms with Gasteiger partial charge in [-0.05, 0) is 49.5 Å². The molecule has 0 N–H and O–H groups in total. The predicted octanol–water partition coefficient (Wildman–Crippen LogP) is 3.05. The van der Waals surface area contributed by atoms with E-state index in [9.17, 15) is 9.59 Å². The number of hydrogen-bond acceptors (Lipinski definition) is 5. The fourth-order valence-corrected chi connectivity index (χ4v) is 3.11. The van der Waals surface area contributed by atoms with E-state index in [1.165, 1.54) is 6.08 Å². The molecule has 1 amide bonds. The molecule has 1 aliphatic heterocycles. The molecule has 6 nitrogen and oxygen atoms in total. The normalized spacial score (nSPS) is 17.2. The summed E-state index contributed by atoms with van der Waals surface area (Å²) in [6.45, 7) is 2.60. The highest BCUT2D eigenvalue weighted by Gasteiger charge is 2.25. The van der Waals surface area contributed by atoms with Crippen molar-refractivity contribution in [3.63, 3.8) is 0 Å². The number of likely N-dealkylation sites (tertiary alicyclic amines) is 1. The first-order valence-corrected chi connectivity index (χ1v) is 8.94. The van der Waals surface area contributed by atoms with Crippen LogP contribution in [0.25, 0.3) is 6.08 Å². The number of benzene rings is 1. The summed E-state index contributed by atoms with van der Waals surface area (Å²) in [6.07, 6.45) is 7.01. The van der Waals surface area contributed by atoms with Crippen LogP contribution in [0.3, 0.4) is 0 Å². The number of carbonyl (C=O) groups is 2. The molecule has 0 aromatic heterocycles. The molecule has 26 heavy (non-hydrogen) atoms. The standard InChI is InChI=1S/C20H27NO5/c1-4-16-7-5-6-10-21(16)19(22)14-26-20(23)9-8-15-11-17(24-2)13-18(12-15)25-3/h8-9,11-13,16H,4-7,10,14H2,1-3H3/b9-8+/t16-/m1/s1. The van der Waals surface area contributed by atoms with E-state index in [-0.39, 0.29) is 18.6 Å². The number of esters is 1. The Hall–Kier alpha value is -2.50. The highest BCUT2D eigenvalue weighted by Crippen LogP contribution is 2.23. The Bertz CT molecular complexity index is 633. The lowest BCUT2D eigenvalue weighted by Gasteiger charge is -2.35.